The summed E-state index contributed by atoms with van der Waals surface area (Å²) in [5.74, 6) is -0.321. The van der Waals surface area contributed by atoms with E-state index in [2.05, 4.69) is 6.92 Å². The lowest BCUT2D eigenvalue weighted by atomic mass is 10.2. The topological polar surface area (TPSA) is 18.5 Å². The second-order valence-electron chi connectivity index (χ2n) is 3.13. The first kappa shape index (κ1) is 8.02. The molecule has 2 heteroatoms. The SMILES string of the molecule is CCC1(C)O[C@H](C)[C@@H](C)O1. The van der Waals surface area contributed by atoms with Gasteiger partial charge in [-0.1, -0.05) is 6.92 Å². The van der Waals surface area contributed by atoms with Crippen LogP contribution in [0.25, 0.3) is 0 Å². The third-order valence-electron chi connectivity index (χ3n) is 2.17. The fourth-order valence-corrected chi connectivity index (χ4v) is 1.17. The Labute approximate surface area is 62.5 Å². The van der Waals surface area contributed by atoms with Gasteiger partial charge in [-0.05, 0) is 27.2 Å². The molecule has 0 aromatic rings. The average molecular weight is 144 g/mol. The summed E-state index contributed by atoms with van der Waals surface area (Å²) in [4.78, 5) is 0. The standard InChI is InChI=1S/C8H16O2/c1-5-8(4)9-6(2)7(3)10-8/h6-7H,5H2,1-4H3/t6-,7-/m1/s1. The zero-order valence-electron chi connectivity index (χ0n) is 7.18. The van der Waals surface area contributed by atoms with E-state index in [1.54, 1.807) is 0 Å². The lowest BCUT2D eigenvalue weighted by Crippen LogP contribution is -2.24. The molecule has 1 fully saturated rings. The molecule has 1 aliphatic rings. The minimum absolute atomic E-state index is 0.241. The van der Waals surface area contributed by atoms with Crippen molar-refractivity contribution in [2.45, 2.75) is 52.1 Å². The summed E-state index contributed by atoms with van der Waals surface area (Å²) in [6, 6.07) is 0. The van der Waals surface area contributed by atoms with Gasteiger partial charge >= 0.3 is 0 Å². The molecule has 1 heterocycles. The van der Waals surface area contributed by atoms with E-state index < -0.39 is 0 Å². The molecular formula is C8H16O2. The fourth-order valence-electron chi connectivity index (χ4n) is 1.17. The molecule has 0 unspecified atom stereocenters. The van der Waals surface area contributed by atoms with Gasteiger partial charge in [0, 0.05) is 0 Å². The summed E-state index contributed by atoms with van der Waals surface area (Å²) >= 11 is 0. The summed E-state index contributed by atoms with van der Waals surface area (Å²) in [6.07, 6.45) is 1.40. The quantitative estimate of drug-likeness (QED) is 0.560. The van der Waals surface area contributed by atoms with Crippen molar-refractivity contribution in [2.75, 3.05) is 0 Å². The maximum atomic E-state index is 5.59. The molecule has 2 nitrogen and oxygen atoms in total. The molecule has 0 aromatic heterocycles. The molecule has 0 N–H and O–H groups in total. The van der Waals surface area contributed by atoms with Crippen LogP contribution in [0.15, 0.2) is 0 Å². The highest BCUT2D eigenvalue weighted by molar-refractivity contribution is 4.76. The normalized spacial score (nSPS) is 38.4. The molecule has 0 spiro atoms. The van der Waals surface area contributed by atoms with Crippen LogP contribution in [0.4, 0.5) is 0 Å². The van der Waals surface area contributed by atoms with E-state index in [4.69, 9.17) is 9.47 Å². The second-order valence-corrected chi connectivity index (χ2v) is 3.13. The predicted molar refractivity (Wildman–Crippen MR) is 39.8 cm³/mol. The molecule has 10 heavy (non-hydrogen) atoms. The zero-order chi connectivity index (χ0) is 7.78. The maximum Gasteiger partial charge on any atom is 0.166 e. The van der Waals surface area contributed by atoms with Gasteiger partial charge in [-0.25, -0.2) is 0 Å². The molecule has 2 atom stereocenters. The van der Waals surface area contributed by atoms with E-state index in [0.29, 0.717) is 0 Å². The number of hydrogen-bond acceptors (Lipinski definition) is 2. The Morgan fingerprint density at radius 2 is 1.60 bits per heavy atom. The average Bonchev–Trinajstić information content (AvgIpc) is 2.10. The van der Waals surface area contributed by atoms with Gasteiger partial charge in [-0.15, -0.1) is 0 Å². The van der Waals surface area contributed by atoms with E-state index in [1.807, 2.05) is 20.8 Å². The van der Waals surface area contributed by atoms with Crippen LogP contribution in [-0.4, -0.2) is 18.0 Å². The number of ether oxygens (including phenoxy) is 2. The van der Waals surface area contributed by atoms with Crippen LogP contribution in [0, 0.1) is 0 Å². The van der Waals surface area contributed by atoms with Gasteiger partial charge in [-0.2, -0.15) is 0 Å². The van der Waals surface area contributed by atoms with Gasteiger partial charge < -0.3 is 9.47 Å². The van der Waals surface area contributed by atoms with Crippen molar-refractivity contribution in [2.24, 2.45) is 0 Å². The third kappa shape index (κ3) is 1.32. The first-order valence-corrected chi connectivity index (χ1v) is 3.93. The largest absolute Gasteiger partial charge is 0.345 e. The molecule has 0 radical (unpaired) electrons. The Bertz CT molecular complexity index is 112. The van der Waals surface area contributed by atoms with Crippen LogP contribution in [0.3, 0.4) is 0 Å². The van der Waals surface area contributed by atoms with Gasteiger partial charge in [-0.3, -0.25) is 0 Å². The van der Waals surface area contributed by atoms with Gasteiger partial charge in [0.05, 0.1) is 12.2 Å². The summed E-state index contributed by atoms with van der Waals surface area (Å²) in [7, 11) is 0. The van der Waals surface area contributed by atoms with Crippen LogP contribution >= 0.6 is 0 Å². The maximum absolute atomic E-state index is 5.59. The molecule has 0 bridgehead atoms. The lowest BCUT2D eigenvalue weighted by Gasteiger charge is -2.20. The molecule has 1 saturated heterocycles. The second kappa shape index (κ2) is 2.51. The molecule has 1 rings (SSSR count). The molecule has 0 amide bonds. The highest BCUT2D eigenvalue weighted by Gasteiger charge is 2.38. The van der Waals surface area contributed by atoms with Crippen molar-refractivity contribution in [3.05, 3.63) is 0 Å². The summed E-state index contributed by atoms with van der Waals surface area (Å²) < 4.78 is 11.2. The summed E-state index contributed by atoms with van der Waals surface area (Å²) in [5, 5.41) is 0. The molecule has 0 aromatic carbocycles. The van der Waals surface area contributed by atoms with Crippen molar-refractivity contribution in [1.82, 2.24) is 0 Å². The Kier molecular flexibility index (Phi) is 2.02. The molecule has 1 aliphatic heterocycles. The predicted octanol–water partition coefficient (Wildman–Crippen LogP) is 1.94. The van der Waals surface area contributed by atoms with Crippen molar-refractivity contribution in [3.8, 4) is 0 Å². The Balaban J connectivity index is 2.55. The molecule has 60 valence electrons. The minimum atomic E-state index is -0.321. The van der Waals surface area contributed by atoms with E-state index in [1.165, 1.54) is 0 Å². The molecule has 0 saturated carbocycles. The van der Waals surface area contributed by atoms with E-state index in [0.717, 1.165) is 6.42 Å². The van der Waals surface area contributed by atoms with E-state index in [-0.39, 0.29) is 18.0 Å². The lowest BCUT2D eigenvalue weighted by molar-refractivity contribution is -0.160. The van der Waals surface area contributed by atoms with Crippen molar-refractivity contribution in [1.29, 1.82) is 0 Å². The van der Waals surface area contributed by atoms with Crippen LogP contribution in [-0.2, 0) is 9.47 Å². The van der Waals surface area contributed by atoms with Crippen LogP contribution in [0.2, 0.25) is 0 Å². The highest BCUT2D eigenvalue weighted by atomic mass is 16.7. The monoisotopic (exact) mass is 144 g/mol. The Hall–Kier alpha value is -0.0800. The van der Waals surface area contributed by atoms with Crippen LogP contribution in [0.1, 0.15) is 34.1 Å². The van der Waals surface area contributed by atoms with E-state index in [9.17, 15) is 0 Å². The van der Waals surface area contributed by atoms with Gasteiger partial charge in [0.2, 0.25) is 0 Å². The van der Waals surface area contributed by atoms with Crippen molar-refractivity contribution in [3.63, 3.8) is 0 Å². The van der Waals surface area contributed by atoms with Gasteiger partial charge in [0.25, 0.3) is 0 Å². The molecular weight excluding hydrogens is 128 g/mol. The molecule has 0 aliphatic carbocycles. The van der Waals surface area contributed by atoms with Crippen molar-refractivity contribution < 1.29 is 9.47 Å². The minimum Gasteiger partial charge on any atom is -0.345 e. The van der Waals surface area contributed by atoms with Crippen LogP contribution < -0.4 is 0 Å². The zero-order valence-corrected chi connectivity index (χ0v) is 7.18. The smallest absolute Gasteiger partial charge is 0.166 e. The van der Waals surface area contributed by atoms with Gasteiger partial charge in [0.15, 0.2) is 5.79 Å². The first-order chi connectivity index (χ1) is 4.57. The fraction of sp³-hybridized carbons (Fsp3) is 1.00. The Morgan fingerprint density at radius 1 is 1.20 bits per heavy atom. The number of rotatable bonds is 1. The third-order valence-corrected chi connectivity index (χ3v) is 2.17. The summed E-state index contributed by atoms with van der Waals surface area (Å²) in [5.41, 5.74) is 0. The summed E-state index contributed by atoms with van der Waals surface area (Å²) in [6.45, 7) is 8.16. The van der Waals surface area contributed by atoms with Crippen LogP contribution in [0.5, 0.6) is 0 Å². The van der Waals surface area contributed by atoms with Crippen molar-refractivity contribution >= 4 is 0 Å². The van der Waals surface area contributed by atoms with E-state index >= 15 is 0 Å². The Morgan fingerprint density at radius 3 is 1.80 bits per heavy atom. The number of hydrogen-bond donors (Lipinski definition) is 0. The first-order valence-electron chi connectivity index (χ1n) is 3.93. The van der Waals surface area contributed by atoms with Gasteiger partial charge in [0.1, 0.15) is 0 Å². The highest BCUT2D eigenvalue weighted by Crippen LogP contribution is 2.30.